The molecule has 1 aromatic rings. The molecule has 19 heavy (non-hydrogen) atoms. The van der Waals surface area contributed by atoms with Crippen LogP contribution in [0.15, 0.2) is 18.6 Å². The molecule has 0 aliphatic heterocycles. The number of nitrogens with one attached hydrogen (secondary N) is 1. The van der Waals surface area contributed by atoms with E-state index in [4.69, 9.17) is 5.84 Å². The summed E-state index contributed by atoms with van der Waals surface area (Å²) in [6.07, 6.45) is 9.97. The molecule has 0 bridgehead atoms. The minimum Gasteiger partial charge on any atom is -0.302 e. The van der Waals surface area contributed by atoms with E-state index in [2.05, 4.69) is 41.3 Å². The van der Waals surface area contributed by atoms with Crippen LogP contribution in [0, 0.1) is 5.92 Å². The van der Waals surface area contributed by atoms with Gasteiger partial charge in [-0.25, -0.2) is 5.43 Å². The lowest BCUT2D eigenvalue weighted by molar-refractivity contribution is 0.0412. The Kier molecular flexibility index (Phi) is 4.50. The molecule has 1 aromatic heterocycles. The molecule has 1 heterocycles. The standard InChI is InChI=1S/C14H25N5/c1-11-4-6-14(7-5-11,19(2)3)13(18-15)12-10-16-8-9-17-12/h8-11,13,18H,4-7,15H2,1-3H3. The molecule has 0 saturated heterocycles. The zero-order valence-corrected chi connectivity index (χ0v) is 12.1. The van der Waals surface area contributed by atoms with Crippen LogP contribution in [-0.4, -0.2) is 34.5 Å². The van der Waals surface area contributed by atoms with E-state index in [1.807, 2.05) is 6.20 Å². The first kappa shape index (κ1) is 14.4. The van der Waals surface area contributed by atoms with Gasteiger partial charge >= 0.3 is 0 Å². The van der Waals surface area contributed by atoms with Crippen molar-refractivity contribution in [1.29, 1.82) is 0 Å². The first-order valence-corrected chi connectivity index (χ1v) is 6.99. The molecule has 106 valence electrons. The second-order valence-electron chi connectivity index (χ2n) is 5.91. The Morgan fingerprint density at radius 2 is 2.05 bits per heavy atom. The third-order valence-electron chi connectivity index (χ3n) is 4.61. The van der Waals surface area contributed by atoms with Gasteiger partial charge in [-0.05, 0) is 45.7 Å². The van der Waals surface area contributed by atoms with Crippen LogP contribution in [0.5, 0.6) is 0 Å². The van der Waals surface area contributed by atoms with Gasteiger partial charge in [-0.15, -0.1) is 0 Å². The Morgan fingerprint density at radius 1 is 1.37 bits per heavy atom. The summed E-state index contributed by atoms with van der Waals surface area (Å²) < 4.78 is 0. The molecular formula is C14H25N5. The summed E-state index contributed by atoms with van der Waals surface area (Å²) in [6.45, 7) is 2.33. The van der Waals surface area contributed by atoms with Crippen molar-refractivity contribution in [2.75, 3.05) is 14.1 Å². The minimum absolute atomic E-state index is 0.0173. The quantitative estimate of drug-likeness (QED) is 0.636. The first-order valence-electron chi connectivity index (χ1n) is 6.99. The predicted molar refractivity (Wildman–Crippen MR) is 76.1 cm³/mol. The number of hydrogen-bond acceptors (Lipinski definition) is 5. The van der Waals surface area contributed by atoms with Crippen molar-refractivity contribution >= 4 is 0 Å². The van der Waals surface area contributed by atoms with E-state index >= 15 is 0 Å². The van der Waals surface area contributed by atoms with Crippen molar-refractivity contribution in [3.63, 3.8) is 0 Å². The van der Waals surface area contributed by atoms with Crippen molar-refractivity contribution in [1.82, 2.24) is 20.3 Å². The Labute approximate surface area is 115 Å². The smallest absolute Gasteiger partial charge is 0.0830 e. The lowest BCUT2D eigenvalue weighted by Crippen LogP contribution is -2.57. The predicted octanol–water partition coefficient (Wildman–Crippen LogP) is 1.49. The molecule has 1 atom stereocenters. The van der Waals surface area contributed by atoms with Crippen LogP contribution >= 0.6 is 0 Å². The average Bonchev–Trinajstić information content (AvgIpc) is 2.43. The molecule has 0 spiro atoms. The summed E-state index contributed by atoms with van der Waals surface area (Å²) in [6, 6.07) is 0.0173. The Morgan fingerprint density at radius 3 is 2.53 bits per heavy atom. The lowest BCUT2D eigenvalue weighted by Gasteiger charge is -2.49. The van der Waals surface area contributed by atoms with Gasteiger partial charge in [-0.2, -0.15) is 0 Å². The van der Waals surface area contributed by atoms with Crippen LogP contribution < -0.4 is 11.3 Å². The molecule has 0 amide bonds. The molecule has 1 saturated carbocycles. The van der Waals surface area contributed by atoms with Crippen LogP contribution in [0.2, 0.25) is 0 Å². The number of nitrogens with zero attached hydrogens (tertiary/aromatic N) is 3. The highest BCUT2D eigenvalue weighted by Gasteiger charge is 2.44. The van der Waals surface area contributed by atoms with Gasteiger partial charge in [0.2, 0.25) is 0 Å². The highest BCUT2D eigenvalue weighted by atomic mass is 15.3. The van der Waals surface area contributed by atoms with Gasteiger partial charge in [-0.1, -0.05) is 6.92 Å². The maximum absolute atomic E-state index is 5.85. The lowest BCUT2D eigenvalue weighted by atomic mass is 9.71. The Balaban J connectivity index is 2.31. The summed E-state index contributed by atoms with van der Waals surface area (Å²) in [5, 5.41) is 0. The molecular weight excluding hydrogens is 238 g/mol. The second-order valence-corrected chi connectivity index (χ2v) is 5.91. The SMILES string of the molecule is CC1CCC(C(NN)c2cnccn2)(N(C)C)CC1. The number of hydrogen-bond donors (Lipinski definition) is 2. The highest BCUT2D eigenvalue weighted by Crippen LogP contribution is 2.42. The second kappa shape index (κ2) is 5.94. The Bertz CT molecular complexity index is 384. The fraction of sp³-hybridized carbons (Fsp3) is 0.714. The summed E-state index contributed by atoms with van der Waals surface area (Å²) in [5.41, 5.74) is 3.93. The molecule has 3 N–H and O–H groups in total. The van der Waals surface area contributed by atoms with E-state index in [-0.39, 0.29) is 11.6 Å². The van der Waals surface area contributed by atoms with E-state index < -0.39 is 0 Å². The normalized spacial score (nSPS) is 29.4. The largest absolute Gasteiger partial charge is 0.302 e. The fourth-order valence-corrected chi connectivity index (χ4v) is 3.23. The van der Waals surface area contributed by atoms with Gasteiger partial charge in [0.15, 0.2) is 0 Å². The van der Waals surface area contributed by atoms with E-state index in [9.17, 15) is 0 Å². The fourth-order valence-electron chi connectivity index (χ4n) is 3.23. The van der Waals surface area contributed by atoms with Crippen LogP contribution in [0.3, 0.4) is 0 Å². The van der Waals surface area contributed by atoms with Crippen molar-refractivity contribution < 1.29 is 0 Å². The van der Waals surface area contributed by atoms with E-state index in [1.54, 1.807) is 12.4 Å². The van der Waals surface area contributed by atoms with Crippen molar-refractivity contribution in [2.24, 2.45) is 11.8 Å². The monoisotopic (exact) mass is 263 g/mol. The molecule has 1 aliphatic carbocycles. The topological polar surface area (TPSA) is 67.1 Å². The highest BCUT2D eigenvalue weighted by molar-refractivity contribution is 5.13. The molecule has 0 aromatic carbocycles. The third-order valence-corrected chi connectivity index (χ3v) is 4.61. The van der Waals surface area contributed by atoms with Gasteiger partial charge in [0.25, 0.3) is 0 Å². The van der Waals surface area contributed by atoms with E-state index in [1.165, 1.54) is 12.8 Å². The maximum Gasteiger partial charge on any atom is 0.0830 e. The Hall–Kier alpha value is -1.04. The van der Waals surface area contributed by atoms with Gasteiger partial charge in [0.1, 0.15) is 0 Å². The number of likely N-dealkylation sites (N-methyl/N-ethyl adjacent to an activating group) is 1. The van der Waals surface area contributed by atoms with Gasteiger partial charge in [0.05, 0.1) is 17.9 Å². The number of rotatable bonds is 4. The molecule has 0 radical (unpaired) electrons. The van der Waals surface area contributed by atoms with Crippen LogP contribution in [0.25, 0.3) is 0 Å². The van der Waals surface area contributed by atoms with Crippen molar-refractivity contribution in [3.05, 3.63) is 24.3 Å². The molecule has 5 nitrogen and oxygen atoms in total. The molecule has 1 unspecified atom stereocenters. The van der Waals surface area contributed by atoms with E-state index in [0.29, 0.717) is 0 Å². The molecule has 1 aliphatic rings. The van der Waals surface area contributed by atoms with Gasteiger partial charge < -0.3 is 4.90 Å². The van der Waals surface area contributed by atoms with E-state index in [0.717, 1.165) is 24.5 Å². The average molecular weight is 263 g/mol. The zero-order chi connectivity index (χ0) is 13.9. The van der Waals surface area contributed by atoms with Crippen molar-refractivity contribution in [3.8, 4) is 0 Å². The van der Waals surface area contributed by atoms with Gasteiger partial charge in [-0.3, -0.25) is 15.8 Å². The zero-order valence-electron chi connectivity index (χ0n) is 12.1. The van der Waals surface area contributed by atoms with Gasteiger partial charge in [0, 0.05) is 17.9 Å². The van der Waals surface area contributed by atoms with Crippen molar-refractivity contribution in [2.45, 2.75) is 44.2 Å². The first-order chi connectivity index (χ1) is 9.10. The number of aromatic nitrogens is 2. The summed E-state index contributed by atoms with van der Waals surface area (Å²) in [4.78, 5) is 10.9. The van der Waals surface area contributed by atoms with Crippen LogP contribution in [-0.2, 0) is 0 Å². The van der Waals surface area contributed by atoms with Crippen LogP contribution in [0.1, 0.15) is 44.3 Å². The number of hydrazine groups is 1. The maximum atomic E-state index is 5.85. The molecule has 2 rings (SSSR count). The number of nitrogens with two attached hydrogens (primary N) is 1. The summed E-state index contributed by atoms with van der Waals surface area (Å²) in [7, 11) is 4.27. The summed E-state index contributed by atoms with van der Waals surface area (Å²) in [5.74, 6) is 6.65. The summed E-state index contributed by atoms with van der Waals surface area (Å²) >= 11 is 0. The van der Waals surface area contributed by atoms with Crippen LogP contribution in [0.4, 0.5) is 0 Å². The third kappa shape index (κ3) is 2.78. The molecule has 1 fully saturated rings. The molecule has 5 heteroatoms. The minimum atomic E-state index is 0.0173.